The van der Waals surface area contributed by atoms with Gasteiger partial charge < -0.3 is 5.32 Å². The van der Waals surface area contributed by atoms with Gasteiger partial charge in [0.1, 0.15) is 0 Å². The highest BCUT2D eigenvalue weighted by molar-refractivity contribution is 7.93. The molecule has 1 aliphatic heterocycles. The fourth-order valence-electron chi connectivity index (χ4n) is 3.39. The third-order valence-electron chi connectivity index (χ3n) is 5.51. The highest BCUT2D eigenvalue weighted by Gasteiger charge is 2.29. The molecule has 140 valence electrons. The van der Waals surface area contributed by atoms with E-state index in [0.29, 0.717) is 19.5 Å². The van der Waals surface area contributed by atoms with Crippen LogP contribution in [-0.2, 0) is 22.0 Å². The van der Waals surface area contributed by atoms with E-state index in [1.807, 2.05) is 30.3 Å². The largest absolute Gasteiger partial charge is 0.309 e. The number of benzene rings is 2. The Morgan fingerprint density at radius 1 is 1.12 bits per heavy atom. The molecule has 0 aromatic heterocycles. The molecule has 0 bridgehead atoms. The van der Waals surface area contributed by atoms with Crippen molar-refractivity contribution in [2.24, 2.45) is 0 Å². The Balaban J connectivity index is 1.69. The van der Waals surface area contributed by atoms with Crippen LogP contribution in [-0.4, -0.2) is 26.8 Å². The SMILES string of the molecule is CC(NCc1cccc(N2CCCS2(=O)=O)c1)C(C)(C)c1ccccc1. The van der Waals surface area contributed by atoms with Crippen LogP contribution in [0.15, 0.2) is 54.6 Å². The number of sulfonamides is 1. The summed E-state index contributed by atoms with van der Waals surface area (Å²) < 4.78 is 25.8. The van der Waals surface area contributed by atoms with Gasteiger partial charge in [-0.1, -0.05) is 56.3 Å². The normalized spacial score (nSPS) is 18.0. The van der Waals surface area contributed by atoms with E-state index in [4.69, 9.17) is 0 Å². The van der Waals surface area contributed by atoms with Crippen LogP contribution in [0.2, 0.25) is 0 Å². The van der Waals surface area contributed by atoms with Gasteiger partial charge in [0, 0.05) is 24.5 Å². The topological polar surface area (TPSA) is 49.4 Å². The molecule has 1 aliphatic rings. The molecular formula is C21H28N2O2S. The summed E-state index contributed by atoms with van der Waals surface area (Å²) >= 11 is 0. The van der Waals surface area contributed by atoms with Gasteiger partial charge in [-0.2, -0.15) is 0 Å². The average Bonchev–Trinajstić information content (AvgIpc) is 2.99. The van der Waals surface area contributed by atoms with Crippen LogP contribution in [0.25, 0.3) is 0 Å². The van der Waals surface area contributed by atoms with E-state index in [1.54, 1.807) is 0 Å². The number of nitrogens with zero attached hydrogens (tertiary/aromatic N) is 1. The molecule has 5 heteroatoms. The zero-order valence-electron chi connectivity index (χ0n) is 15.8. The molecule has 26 heavy (non-hydrogen) atoms. The predicted octanol–water partition coefficient (Wildman–Crippen LogP) is 3.68. The van der Waals surface area contributed by atoms with Crippen molar-refractivity contribution in [1.82, 2.24) is 5.32 Å². The van der Waals surface area contributed by atoms with Crippen molar-refractivity contribution in [3.63, 3.8) is 0 Å². The zero-order valence-corrected chi connectivity index (χ0v) is 16.6. The molecule has 1 fully saturated rings. The molecular weight excluding hydrogens is 344 g/mol. The number of nitrogens with one attached hydrogen (secondary N) is 1. The van der Waals surface area contributed by atoms with Crippen molar-refractivity contribution in [1.29, 1.82) is 0 Å². The Kier molecular flexibility index (Phi) is 5.39. The summed E-state index contributed by atoms with van der Waals surface area (Å²) in [5.74, 6) is 0.248. The summed E-state index contributed by atoms with van der Waals surface area (Å²) in [6.07, 6.45) is 0.701. The van der Waals surface area contributed by atoms with Gasteiger partial charge in [-0.3, -0.25) is 4.31 Å². The Labute approximate surface area is 157 Å². The van der Waals surface area contributed by atoms with Gasteiger partial charge >= 0.3 is 0 Å². The second kappa shape index (κ2) is 7.41. The lowest BCUT2D eigenvalue weighted by molar-refractivity contribution is 0.360. The van der Waals surface area contributed by atoms with Crippen LogP contribution < -0.4 is 9.62 Å². The first-order valence-corrected chi connectivity index (χ1v) is 10.8. The molecule has 1 unspecified atom stereocenters. The van der Waals surface area contributed by atoms with Crippen LogP contribution >= 0.6 is 0 Å². The fourth-order valence-corrected chi connectivity index (χ4v) is 4.95. The van der Waals surface area contributed by atoms with E-state index in [-0.39, 0.29) is 17.2 Å². The molecule has 1 heterocycles. The standard InChI is InChI=1S/C21H28N2O2S/c1-17(21(2,3)19-10-5-4-6-11-19)22-16-18-9-7-12-20(15-18)23-13-8-14-26(23,24)25/h4-7,9-12,15,17,22H,8,13-14,16H2,1-3H3. The minimum Gasteiger partial charge on any atom is -0.309 e. The first kappa shape index (κ1) is 18.9. The summed E-state index contributed by atoms with van der Waals surface area (Å²) in [5, 5.41) is 3.61. The van der Waals surface area contributed by atoms with Gasteiger partial charge in [0.05, 0.1) is 11.4 Å². The molecule has 2 aromatic carbocycles. The molecule has 1 saturated heterocycles. The molecule has 0 amide bonds. The monoisotopic (exact) mass is 372 g/mol. The van der Waals surface area contributed by atoms with Crippen LogP contribution in [0.3, 0.4) is 0 Å². The van der Waals surface area contributed by atoms with E-state index < -0.39 is 10.0 Å². The van der Waals surface area contributed by atoms with Gasteiger partial charge in [-0.05, 0) is 36.6 Å². The van der Waals surface area contributed by atoms with Gasteiger partial charge in [0.2, 0.25) is 10.0 Å². The van der Waals surface area contributed by atoms with Crippen LogP contribution in [0, 0.1) is 0 Å². The van der Waals surface area contributed by atoms with Crippen LogP contribution in [0.4, 0.5) is 5.69 Å². The minimum atomic E-state index is -3.13. The summed E-state index contributed by atoms with van der Waals surface area (Å²) in [5.41, 5.74) is 3.17. The molecule has 3 rings (SSSR count). The van der Waals surface area contributed by atoms with E-state index in [2.05, 4.69) is 50.4 Å². The minimum absolute atomic E-state index is 0.00282. The number of hydrogen-bond donors (Lipinski definition) is 1. The summed E-state index contributed by atoms with van der Waals surface area (Å²) in [4.78, 5) is 0. The molecule has 4 nitrogen and oxygen atoms in total. The van der Waals surface area contributed by atoms with Crippen molar-refractivity contribution in [3.05, 3.63) is 65.7 Å². The molecule has 0 radical (unpaired) electrons. The smallest absolute Gasteiger partial charge is 0.235 e. The van der Waals surface area contributed by atoms with Gasteiger partial charge in [0.15, 0.2) is 0 Å². The molecule has 1 atom stereocenters. The molecule has 0 saturated carbocycles. The molecule has 1 N–H and O–H groups in total. The van der Waals surface area contributed by atoms with Crippen molar-refractivity contribution >= 4 is 15.7 Å². The van der Waals surface area contributed by atoms with Crippen LogP contribution in [0.1, 0.15) is 38.3 Å². The Morgan fingerprint density at radius 3 is 2.50 bits per heavy atom. The maximum Gasteiger partial charge on any atom is 0.235 e. The summed E-state index contributed by atoms with van der Waals surface area (Å²) in [6, 6.07) is 18.6. The van der Waals surface area contributed by atoms with Crippen LogP contribution in [0.5, 0.6) is 0 Å². The van der Waals surface area contributed by atoms with E-state index >= 15 is 0 Å². The Bertz CT molecular complexity index is 847. The second-order valence-corrected chi connectivity index (χ2v) is 9.61. The fraction of sp³-hybridized carbons (Fsp3) is 0.429. The highest BCUT2D eigenvalue weighted by Crippen LogP contribution is 2.28. The third-order valence-corrected chi connectivity index (χ3v) is 7.38. The lowest BCUT2D eigenvalue weighted by atomic mass is 9.78. The van der Waals surface area contributed by atoms with E-state index in [0.717, 1.165) is 11.3 Å². The van der Waals surface area contributed by atoms with E-state index in [9.17, 15) is 8.42 Å². The first-order valence-electron chi connectivity index (χ1n) is 9.19. The third kappa shape index (κ3) is 3.94. The number of anilines is 1. The average molecular weight is 373 g/mol. The van der Waals surface area contributed by atoms with E-state index in [1.165, 1.54) is 9.87 Å². The first-order chi connectivity index (χ1) is 12.3. The lowest BCUT2D eigenvalue weighted by Crippen LogP contribution is -2.42. The molecule has 0 aliphatic carbocycles. The van der Waals surface area contributed by atoms with Crippen molar-refractivity contribution in [2.75, 3.05) is 16.6 Å². The number of rotatable bonds is 6. The highest BCUT2D eigenvalue weighted by atomic mass is 32.2. The Hall–Kier alpha value is -1.85. The van der Waals surface area contributed by atoms with Gasteiger partial charge in [0.25, 0.3) is 0 Å². The maximum atomic E-state index is 12.1. The lowest BCUT2D eigenvalue weighted by Gasteiger charge is -2.33. The zero-order chi connectivity index (χ0) is 18.8. The van der Waals surface area contributed by atoms with Gasteiger partial charge in [-0.25, -0.2) is 8.42 Å². The van der Waals surface area contributed by atoms with Gasteiger partial charge in [-0.15, -0.1) is 0 Å². The molecule has 0 spiro atoms. The van der Waals surface area contributed by atoms with Crippen molar-refractivity contribution in [2.45, 2.75) is 45.2 Å². The predicted molar refractivity (Wildman–Crippen MR) is 108 cm³/mol. The van der Waals surface area contributed by atoms with Crippen molar-refractivity contribution < 1.29 is 8.42 Å². The summed E-state index contributed by atoms with van der Waals surface area (Å²) in [6.45, 7) is 7.97. The maximum absolute atomic E-state index is 12.1. The van der Waals surface area contributed by atoms with Crippen molar-refractivity contribution in [3.8, 4) is 0 Å². The molecule has 2 aromatic rings. The summed E-state index contributed by atoms with van der Waals surface area (Å²) in [7, 11) is -3.13. The number of hydrogen-bond acceptors (Lipinski definition) is 3. The quantitative estimate of drug-likeness (QED) is 0.841. The Morgan fingerprint density at radius 2 is 1.85 bits per heavy atom. The second-order valence-electron chi connectivity index (χ2n) is 7.60.